The number of amides is 1. The zero-order valence-electron chi connectivity index (χ0n) is 50.0. The average molecular weight is 1140 g/mol. The highest BCUT2D eigenvalue weighted by Crippen LogP contribution is 2.30. The van der Waals surface area contributed by atoms with Crippen molar-refractivity contribution in [2.75, 3.05) is 19.8 Å². The lowest BCUT2D eigenvalue weighted by Gasteiger charge is -2.46. The molecule has 1 amide bonds. The first-order valence-electron chi connectivity index (χ1n) is 31.6. The lowest BCUT2D eigenvalue weighted by molar-refractivity contribution is -0.359. The van der Waals surface area contributed by atoms with Crippen molar-refractivity contribution in [3.63, 3.8) is 0 Å². The molecule has 9 N–H and O–H groups in total. The van der Waals surface area contributed by atoms with Crippen molar-refractivity contribution in [3.8, 4) is 0 Å². The van der Waals surface area contributed by atoms with Gasteiger partial charge >= 0.3 is 0 Å². The summed E-state index contributed by atoms with van der Waals surface area (Å²) in [7, 11) is 0. The van der Waals surface area contributed by atoms with Crippen LogP contribution in [-0.4, -0.2) is 140 Å². The molecule has 0 aliphatic carbocycles. The molecular weight excluding hydrogens is 1030 g/mol. The molecule has 2 saturated heterocycles. The van der Waals surface area contributed by atoms with Gasteiger partial charge in [-0.05, 0) is 83.5 Å². The second kappa shape index (κ2) is 51.1. The van der Waals surface area contributed by atoms with Crippen LogP contribution < -0.4 is 5.32 Å². The van der Waals surface area contributed by atoms with Gasteiger partial charge in [-0.25, -0.2) is 0 Å². The maximum absolute atomic E-state index is 13.3. The number of rotatable bonds is 49. The zero-order valence-corrected chi connectivity index (χ0v) is 50.0. The number of carbonyl (C=O) groups excluding carboxylic acids is 1. The van der Waals surface area contributed by atoms with E-state index in [9.17, 15) is 45.6 Å². The first-order chi connectivity index (χ1) is 39.6. The molecular formula is C67H113NO13. The van der Waals surface area contributed by atoms with Crippen LogP contribution in [0.4, 0.5) is 0 Å². The molecule has 464 valence electrons. The van der Waals surface area contributed by atoms with Crippen LogP contribution in [-0.2, 0) is 23.7 Å². The third-order valence-corrected chi connectivity index (χ3v) is 14.7. The Hall–Kier alpha value is -3.35. The minimum atomic E-state index is -1.79. The Labute approximate surface area is 489 Å². The highest BCUT2D eigenvalue weighted by molar-refractivity contribution is 5.76. The van der Waals surface area contributed by atoms with Gasteiger partial charge in [0.2, 0.25) is 5.91 Å². The van der Waals surface area contributed by atoms with Gasteiger partial charge in [0, 0.05) is 6.42 Å². The van der Waals surface area contributed by atoms with Crippen molar-refractivity contribution in [2.24, 2.45) is 0 Å². The Morgan fingerprint density at radius 1 is 0.457 bits per heavy atom. The quantitative estimate of drug-likeness (QED) is 0.0204. The first kappa shape index (κ1) is 73.8. The molecule has 0 aromatic rings. The molecule has 2 heterocycles. The molecule has 2 rings (SSSR count). The average Bonchev–Trinajstić information content (AvgIpc) is 3.46. The highest BCUT2D eigenvalue weighted by Gasteiger charge is 2.51. The molecule has 2 fully saturated rings. The van der Waals surface area contributed by atoms with E-state index in [1.165, 1.54) is 89.9 Å². The highest BCUT2D eigenvalue weighted by atomic mass is 16.7. The molecule has 0 aromatic carbocycles. The van der Waals surface area contributed by atoms with Crippen LogP contribution in [0.5, 0.6) is 0 Å². The fourth-order valence-electron chi connectivity index (χ4n) is 9.66. The van der Waals surface area contributed by atoms with E-state index in [4.69, 9.17) is 18.9 Å². The van der Waals surface area contributed by atoms with E-state index >= 15 is 0 Å². The smallest absolute Gasteiger partial charge is 0.220 e. The molecule has 81 heavy (non-hydrogen) atoms. The van der Waals surface area contributed by atoms with Gasteiger partial charge in [0.15, 0.2) is 12.6 Å². The number of aliphatic hydroxyl groups is 8. The summed E-state index contributed by atoms with van der Waals surface area (Å²) in [6.07, 6.45) is 55.7. The molecule has 2 aliphatic heterocycles. The maximum atomic E-state index is 13.3. The van der Waals surface area contributed by atoms with Crippen LogP contribution >= 0.6 is 0 Å². The van der Waals surface area contributed by atoms with E-state index in [0.29, 0.717) is 6.42 Å². The predicted octanol–water partition coefficient (Wildman–Crippen LogP) is 11.6. The molecule has 0 saturated carbocycles. The first-order valence-corrected chi connectivity index (χ1v) is 31.6. The number of hydrogen-bond acceptors (Lipinski definition) is 13. The number of carbonyl (C=O) groups is 1. The van der Waals surface area contributed by atoms with Gasteiger partial charge in [-0.2, -0.15) is 0 Å². The standard InChI is InChI=1S/C67H113NO13/c1-3-5-7-9-11-13-15-17-18-19-20-21-22-23-24-25-26-27-28-29-30-31-32-33-34-35-36-37-38-39-41-43-45-47-49-51-59(72)68-55(56(71)50-48-46-44-42-40-16-14-12-10-8-6-4-2)54-78-66-64(77)62(75)65(58(53-70)80-66)81-67-63(76)61(74)60(73)57(52-69)79-67/h5,7,11,13,17-18,20-21,23-24,26-27,29-30,32-33,48,50,55-58,60-67,69-71,73-77H,3-4,6,8-10,12,14-16,19,22,25,28,31,34-47,49,51-54H2,1-2H3,(H,68,72)/b7-5-,13-11-,18-17-,21-20-,24-23-,27-26-,30-29-,33-32-,50-48+. The van der Waals surface area contributed by atoms with E-state index in [1.807, 2.05) is 6.08 Å². The number of hydrogen-bond donors (Lipinski definition) is 9. The molecule has 12 unspecified atom stereocenters. The minimum absolute atomic E-state index is 0.250. The third-order valence-electron chi connectivity index (χ3n) is 14.7. The fourth-order valence-corrected chi connectivity index (χ4v) is 9.66. The monoisotopic (exact) mass is 1140 g/mol. The van der Waals surface area contributed by atoms with Crippen LogP contribution in [0.1, 0.15) is 213 Å². The van der Waals surface area contributed by atoms with E-state index in [1.54, 1.807) is 6.08 Å². The summed E-state index contributed by atoms with van der Waals surface area (Å²) in [5.74, 6) is -0.250. The summed E-state index contributed by atoms with van der Waals surface area (Å²) in [6.45, 7) is 2.65. The summed E-state index contributed by atoms with van der Waals surface area (Å²) in [5.41, 5.74) is 0. The fraction of sp³-hybridized carbons (Fsp3) is 0.716. The van der Waals surface area contributed by atoms with Crippen molar-refractivity contribution in [1.82, 2.24) is 5.32 Å². The zero-order chi connectivity index (χ0) is 58.8. The minimum Gasteiger partial charge on any atom is -0.394 e. The predicted molar refractivity (Wildman–Crippen MR) is 327 cm³/mol. The number of unbranched alkanes of at least 4 members (excludes halogenated alkanes) is 20. The van der Waals surface area contributed by atoms with Gasteiger partial charge in [-0.15, -0.1) is 0 Å². The molecule has 14 nitrogen and oxygen atoms in total. The van der Waals surface area contributed by atoms with E-state index in [2.05, 4.69) is 116 Å². The summed E-state index contributed by atoms with van der Waals surface area (Å²) in [4.78, 5) is 13.3. The van der Waals surface area contributed by atoms with Crippen molar-refractivity contribution in [2.45, 2.75) is 286 Å². The maximum Gasteiger partial charge on any atom is 0.220 e. The van der Waals surface area contributed by atoms with Crippen molar-refractivity contribution in [3.05, 3.63) is 109 Å². The third kappa shape index (κ3) is 36.2. The van der Waals surface area contributed by atoms with Gasteiger partial charge in [0.05, 0.1) is 32.0 Å². The Morgan fingerprint density at radius 2 is 0.852 bits per heavy atom. The van der Waals surface area contributed by atoms with Gasteiger partial charge < -0.3 is 65.1 Å². The van der Waals surface area contributed by atoms with Gasteiger partial charge in [0.1, 0.15) is 48.8 Å². The molecule has 0 bridgehead atoms. The van der Waals surface area contributed by atoms with Gasteiger partial charge in [-0.1, -0.05) is 232 Å². The Morgan fingerprint density at radius 3 is 1.31 bits per heavy atom. The van der Waals surface area contributed by atoms with E-state index in [-0.39, 0.29) is 18.9 Å². The van der Waals surface area contributed by atoms with Crippen LogP contribution in [0, 0.1) is 0 Å². The largest absolute Gasteiger partial charge is 0.394 e. The number of aliphatic hydroxyl groups excluding tert-OH is 8. The SMILES string of the molecule is CC/C=C\C/C=C\C/C=C\C/C=C\C/C=C\C/C=C\C/C=C\C/C=C\CCCCCCCCCCCCC(=O)NC(COC1OC(CO)C(OC2OC(CO)C(O)C(O)C2O)C(O)C1O)C(O)/C=C/CCCCCCCCCCCC. The van der Waals surface area contributed by atoms with Crippen LogP contribution in [0.25, 0.3) is 0 Å². The van der Waals surface area contributed by atoms with Crippen LogP contribution in [0.2, 0.25) is 0 Å². The normalized spacial score (nSPS) is 24.9. The molecule has 14 heteroatoms. The Balaban J connectivity index is 1.65. The van der Waals surface area contributed by atoms with Crippen LogP contribution in [0.3, 0.4) is 0 Å². The van der Waals surface area contributed by atoms with Gasteiger partial charge in [-0.3, -0.25) is 4.79 Å². The lowest BCUT2D eigenvalue weighted by Crippen LogP contribution is -2.65. The van der Waals surface area contributed by atoms with Gasteiger partial charge in [0.25, 0.3) is 0 Å². The number of allylic oxidation sites excluding steroid dienone is 17. The molecule has 2 aliphatic rings. The number of ether oxygens (including phenoxy) is 4. The summed E-state index contributed by atoms with van der Waals surface area (Å²) in [6, 6.07) is -0.923. The second-order valence-electron chi connectivity index (χ2n) is 21.8. The number of nitrogens with one attached hydrogen (secondary N) is 1. The molecule has 12 atom stereocenters. The Bertz CT molecular complexity index is 1770. The molecule has 0 radical (unpaired) electrons. The van der Waals surface area contributed by atoms with E-state index < -0.39 is 86.8 Å². The molecule has 0 spiro atoms. The topological polar surface area (TPSA) is 228 Å². The summed E-state index contributed by atoms with van der Waals surface area (Å²) in [5, 5.41) is 87.0. The lowest BCUT2D eigenvalue weighted by atomic mass is 9.97. The summed E-state index contributed by atoms with van der Waals surface area (Å²) < 4.78 is 22.8. The Kier molecular flexibility index (Phi) is 46.5. The van der Waals surface area contributed by atoms with Crippen molar-refractivity contribution in [1.29, 1.82) is 0 Å². The van der Waals surface area contributed by atoms with E-state index in [0.717, 1.165) is 96.3 Å². The van der Waals surface area contributed by atoms with Crippen molar-refractivity contribution >= 4 is 5.91 Å². The summed E-state index contributed by atoms with van der Waals surface area (Å²) >= 11 is 0. The van der Waals surface area contributed by atoms with Crippen LogP contribution in [0.15, 0.2) is 109 Å². The molecule has 0 aromatic heterocycles. The van der Waals surface area contributed by atoms with Crippen molar-refractivity contribution < 1.29 is 64.6 Å². The second-order valence-corrected chi connectivity index (χ2v) is 21.8.